The van der Waals surface area contributed by atoms with Gasteiger partial charge in [0.2, 0.25) is 0 Å². The lowest BCUT2D eigenvalue weighted by Crippen LogP contribution is -2.27. The second-order valence-electron chi connectivity index (χ2n) is 6.75. The van der Waals surface area contributed by atoms with Gasteiger partial charge in [0, 0.05) is 13.2 Å². The van der Waals surface area contributed by atoms with Crippen LogP contribution in [0.15, 0.2) is 0 Å². The molecule has 1 aliphatic rings. The molecular weight excluding hydrogens is 324 g/mol. The average molecular weight is 363 g/mol. The molecule has 1 rings (SSSR count). The van der Waals surface area contributed by atoms with Crippen molar-refractivity contribution in [1.82, 2.24) is 0 Å². The van der Waals surface area contributed by atoms with Crippen LogP contribution in [-0.2, 0) is 28.4 Å². The third kappa shape index (κ3) is 12.7. The van der Waals surface area contributed by atoms with Crippen LogP contribution in [0.1, 0.15) is 47.0 Å². The van der Waals surface area contributed by atoms with Crippen LogP contribution in [0.3, 0.4) is 0 Å². The van der Waals surface area contributed by atoms with Crippen molar-refractivity contribution in [1.29, 1.82) is 0 Å². The normalized spacial score (nSPS) is 21.4. The number of hydrogen-bond acceptors (Lipinski definition) is 6. The molecule has 1 heterocycles. The van der Waals surface area contributed by atoms with E-state index in [2.05, 4.69) is 6.92 Å². The Balaban J connectivity index is 1.89. The summed E-state index contributed by atoms with van der Waals surface area (Å²) in [6.07, 6.45) is 3.76. The molecule has 4 unspecified atom stereocenters. The Kier molecular flexibility index (Phi) is 13.6. The minimum Gasteiger partial charge on any atom is -0.376 e. The highest BCUT2D eigenvalue weighted by atomic mass is 16.6. The van der Waals surface area contributed by atoms with Crippen molar-refractivity contribution in [2.45, 2.75) is 71.4 Å². The van der Waals surface area contributed by atoms with Gasteiger partial charge in [-0.25, -0.2) is 0 Å². The van der Waals surface area contributed by atoms with Crippen molar-refractivity contribution in [2.24, 2.45) is 0 Å². The van der Waals surface area contributed by atoms with Gasteiger partial charge in [-0.2, -0.15) is 0 Å². The smallest absolute Gasteiger partial charge is 0.0809 e. The van der Waals surface area contributed by atoms with Crippen molar-refractivity contribution in [2.75, 3.05) is 52.9 Å². The molecule has 0 saturated carbocycles. The van der Waals surface area contributed by atoms with E-state index in [4.69, 9.17) is 28.4 Å². The summed E-state index contributed by atoms with van der Waals surface area (Å²) in [6.45, 7) is 13.4. The molecule has 25 heavy (non-hydrogen) atoms. The SMILES string of the molecule is CCCOC(C)COC(C)COC(C)COCCOCC1CCCO1. The lowest BCUT2D eigenvalue weighted by Gasteiger charge is -2.20. The summed E-state index contributed by atoms with van der Waals surface area (Å²) in [5.41, 5.74) is 0. The Morgan fingerprint density at radius 3 is 2.12 bits per heavy atom. The van der Waals surface area contributed by atoms with Gasteiger partial charge >= 0.3 is 0 Å². The van der Waals surface area contributed by atoms with E-state index in [1.165, 1.54) is 0 Å². The Morgan fingerprint density at radius 1 is 0.840 bits per heavy atom. The fourth-order valence-electron chi connectivity index (χ4n) is 2.42. The third-order valence-corrected chi connectivity index (χ3v) is 3.89. The first-order valence-electron chi connectivity index (χ1n) is 9.73. The fourth-order valence-corrected chi connectivity index (χ4v) is 2.42. The molecule has 1 aliphatic heterocycles. The number of hydrogen-bond donors (Lipinski definition) is 0. The molecule has 4 atom stereocenters. The maximum absolute atomic E-state index is 5.75. The fraction of sp³-hybridized carbons (Fsp3) is 1.00. The zero-order valence-corrected chi connectivity index (χ0v) is 16.5. The Hall–Kier alpha value is -0.240. The van der Waals surface area contributed by atoms with Gasteiger partial charge in [0.05, 0.1) is 64.1 Å². The van der Waals surface area contributed by atoms with E-state index < -0.39 is 0 Å². The standard InChI is InChI=1S/C19H38O6/c1-5-8-22-17(3)13-25-18(4)14-24-16(2)12-20-10-11-21-15-19-7-6-9-23-19/h16-19H,5-15H2,1-4H3. The van der Waals surface area contributed by atoms with E-state index >= 15 is 0 Å². The van der Waals surface area contributed by atoms with Crippen LogP contribution in [0.25, 0.3) is 0 Å². The molecule has 6 heteroatoms. The zero-order valence-electron chi connectivity index (χ0n) is 16.5. The average Bonchev–Trinajstić information content (AvgIpc) is 3.12. The highest BCUT2D eigenvalue weighted by Gasteiger charge is 2.15. The van der Waals surface area contributed by atoms with E-state index in [-0.39, 0.29) is 24.4 Å². The Morgan fingerprint density at radius 2 is 1.48 bits per heavy atom. The molecule has 0 bridgehead atoms. The quantitative estimate of drug-likeness (QED) is 0.394. The number of rotatable bonds is 16. The van der Waals surface area contributed by atoms with Gasteiger partial charge in [-0.15, -0.1) is 0 Å². The van der Waals surface area contributed by atoms with Gasteiger partial charge in [-0.3, -0.25) is 0 Å². The highest BCUT2D eigenvalue weighted by Crippen LogP contribution is 2.11. The van der Waals surface area contributed by atoms with Gasteiger partial charge in [-0.1, -0.05) is 6.92 Å². The lowest BCUT2D eigenvalue weighted by molar-refractivity contribution is -0.0833. The van der Waals surface area contributed by atoms with E-state index in [9.17, 15) is 0 Å². The van der Waals surface area contributed by atoms with Crippen molar-refractivity contribution in [3.8, 4) is 0 Å². The predicted molar refractivity (Wildman–Crippen MR) is 97.1 cm³/mol. The summed E-state index contributed by atoms with van der Waals surface area (Å²) in [6, 6.07) is 0. The summed E-state index contributed by atoms with van der Waals surface area (Å²) in [4.78, 5) is 0. The first kappa shape index (κ1) is 22.8. The van der Waals surface area contributed by atoms with E-state index in [0.717, 1.165) is 32.5 Å². The molecule has 0 aromatic carbocycles. The van der Waals surface area contributed by atoms with Crippen molar-refractivity contribution >= 4 is 0 Å². The molecule has 1 saturated heterocycles. The summed E-state index contributed by atoms with van der Waals surface area (Å²) < 4.78 is 33.7. The van der Waals surface area contributed by atoms with Crippen LogP contribution < -0.4 is 0 Å². The van der Waals surface area contributed by atoms with Crippen molar-refractivity contribution < 1.29 is 28.4 Å². The molecule has 0 radical (unpaired) electrons. The van der Waals surface area contributed by atoms with Crippen LogP contribution in [0.2, 0.25) is 0 Å². The molecule has 0 aromatic heterocycles. The topological polar surface area (TPSA) is 55.4 Å². The molecule has 6 nitrogen and oxygen atoms in total. The molecule has 0 amide bonds. The minimum absolute atomic E-state index is 0.0398. The van der Waals surface area contributed by atoms with Crippen LogP contribution in [0.5, 0.6) is 0 Å². The Bertz CT molecular complexity index is 296. The molecule has 0 aliphatic carbocycles. The zero-order chi connectivity index (χ0) is 18.3. The first-order chi connectivity index (χ1) is 12.1. The largest absolute Gasteiger partial charge is 0.376 e. The van der Waals surface area contributed by atoms with Crippen molar-refractivity contribution in [3.05, 3.63) is 0 Å². The molecule has 0 spiro atoms. The van der Waals surface area contributed by atoms with Crippen molar-refractivity contribution in [3.63, 3.8) is 0 Å². The second kappa shape index (κ2) is 14.9. The summed E-state index contributed by atoms with van der Waals surface area (Å²) >= 11 is 0. The third-order valence-electron chi connectivity index (χ3n) is 3.89. The van der Waals surface area contributed by atoms with Gasteiger partial charge in [0.15, 0.2) is 0 Å². The summed E-state index contributed by atoms with van der Waals surface area (Å²) in [5, 5.41) is 0. The first-order valence-corrected chi connectivity index (χ1v) is 9.73. The predicted octanol–water partition coefficient (Wildman–Crippen LogP) is 2.82. The van der Waals surface area contributed by atoms with E-state index in [1.807, 2.05) is 20.8 Å². The monoisotopic (exact) mass is 362 g/mol. The maximum atomic E-state index is 5.75. The maximum Gasteiger partial charge on any atom is 0.0809 e. The summed E-state index contributed by atoms with van der Waals surface area (Å²) in [5.74, 6) is 0. The van der Waals surface area contributed by atoms with E-state index in [0.29, 0.717) is 39.6 Å². The van der Waals surface area contributed by atoms with Crippen LogP contribution in [0, 0.1) is 0 Å². The molecule has 1 fully saturated rings. The van der Waals surface area contributed by atoms with E-state index in [1.54, 1.807) is 0 Å². The summed E-state index contributed by atoms with van der Waals surface area (Å²) in [7, 11) is 0. The van der Waals surface area contributed by atoms with Crippen LogP contribution in [0.4, 0.5) is 0 Å². The highest BCUT2D eigenvalue weighted by molar-refractivity contribution is 4.63. The molecule has 150 valence electrons. The number of ether oxygens (including phenoxy) is 6. The van der Waals surface area contributed by atoms with Gasteiger partial charge in [0.1, 0.15) is 0 Å². The van der Waals surface area contributed by atoms with Gasteiger partial charge in [0.25, 0.3) is 0 Å². The second-order valence-corrected chi connectivity index (χ2v) is 6.75. The lowest BCUT2D eigenvalue weighted by atomic mass is 10.2. The van der Waals surface area contributed by atoms with Gasteiger partial charge in [-0.05, 0) is 40.0 Å². The minimum atomic E-state index is 0.0398. The van der Waals surface area contributed by atoms with Gasteiger partial charge < -0.3 is 28.4 Å². The molecule has 0 N–H and O–H groups in total. The van der Waals surface area contributed by atoms with Crippen LogP contribution in [-0.4, -0.2) is 77.3 Å². The molecule has 0 aromatic rings. The van der Waals surface area contributed by atoms with Crippen LogP contribution >= 0.6 is 0 Å². The molecular formula is C19H38O6. The Labute approximate surface area is 153 Å².